The number of fused-ring (bicyclic) bond motifs is 5. The number of hydrogen-bond donors (Lipinski definition) is 1. The first-order chi connectivity index (χ1) is 10.8. The van der Waals surface area contributed by atoms with Crippen LogP contribution in [0.3, 0.4) is 0 Å². The fraction of sp³-hybridized carbons (Fsp3) is 0.857. The van der Waals surface area contributed by atoms with E-state index in [0.717, 1.165) is 50.4 Å². The maximum Gasteiger partial charge on any atom is 0.139 e. The Morgan fingerprint density at radius 3 is 2.61 bits per heavy atom. The van der Waals surface area contributed by atoms with Crippen LogP contribution in [0.15, 0.2) is 12.7 Å². The van der Waals surface area contributed by atoms with Gasteiger partial charge in [-0.1, -0.05) is 19.9 Å². The van der Waals surface area contributed by atoms with Crippen molar-refractivity contribution in [2.24, 2.45) is 34.5 Å². The Kier molecular flexibility index (Phi) is 3.41. The fourth-order valence-corrected chi connectivity index (χ4v) is 7.23. The van der Waals surface area contributed by atoms with E-state index in [4.69, 9.17) is 0 Å². The molecule has 0 aromatic heterocycles. The summed E-state index contributed by atoms with van der Waals surface area (Å²) in [7, 11) is 0. The van der Waals surface area contributed by atoms with Crippen LogP contribution in [0, 0.1) is 34.5 Å². The summed E-state index contributed by atoms with van der Waals surface area (Å²) in [6, 6.07) is 0. The molecule has 23 heavy (non-hydrogen) atoms. The molecule has 1 N–H and O–H groups in total. The van der Waals surface area contributed by atoms with Gasteiger partial charge in [0.2, 0.25) is 0 Å². The summed E-state index contributed by atoms with van der Waals surface area (Å²) in [5.74, 6) is 3.31. The van der Waals surface area contributed by atoms with Crippen LogP contribution in [0.4, 0.5) is 0 Å². The van der Waals surface area contributed by atoms with Gasteiger partial charge in [0.1, 0.15) is 5.78 Å². The lowest BCUT2D eigenvalue weighted by Gasteiger charge is -2.61. The molecule has 0 bridgehead atoms. The first kappa shape index (κ1) is 15.9. The van der Waals surface area contributed by atoms with Crippen molar-refractivity contribution < 1.29 is 9.90 Å². The van der Waals surface area contributed by atoms with E-state index in [2.05, 4.69) is 20.4 Å². The summed E-state index contributed by atoms with van der Waals surface area (Å²) in [5.41, 5.74) is -0.282. The third-order valence-corrected chi connectivity index (χ3v) is 8.85. The average Bonchev–Trinajstić information content (AvgIpc) is 2.84. The van der Waals surface area contributed by atoms with Crippen molar-refractivity contribution in [3.63, 3.8) is 0 Å². The lowest BCUT2D eigenvalue weighted by molar-refractivity contribution is -0.147. The van der Waals surface area contributed by atoms with Gasteiger partial charge < -0.3 is 5.11 Å². The predicted molar refractivity (Wildman–Crippen MR) is 91.9 cm³/mol. The molecular formula is C21H32O2. The van der Waals surface area contributed by atoms with Gasteiger partial charge in [-0.05, 0) is 80.5 Å². The van der Waals surface area contributed by atoms with E-state index in [1.807, 2.05) is 0 Å². The monoisotopic (exact) mass is 316 g/mol. The SMILES string of the molecule is C=C[C@@]1(O)CC[C@@]2(C)C(CC[C@@H]3[C@@H]2CC[C@]2(C)C(=O)CC[C@@H]32)C1. The van der Waals surface area contributed by atoms with Crippen LogP contribution in [-0.2, 0) is 4.79 Å². The van der Waals surface area contributed by atoms with Crippen molar-refractivity contribution in [1.29, 1.82) is 0 Å². The van der Waals surface area contributed by atoms with Gasteiger partial charge in [-0.3, -0.25) is 4.79 Å². The van der Waals surface area contributed by atoms with E-state index in [1.54, 1.807) is 6.08 Å². The van der Waals surface area contributed by atoms with Gasteiger partial charge in [-0.2, -0.15) is 0 Å². The van der Waals surface area contributed by atoms with Crippen molar-refractivity contribution in [3.05, 3.63) is 12.7 Å². The van der Waals surface area contributed by atoms with Gasteiger partial charge in [0.15, 0.2) is 0 Å². The van der Waals surface area contributed by atoms with Gasteiger partial charge in [-0.25, -0.2) is 0 Å². The summed E-state index contributed by atoms with van der Waals surface area (Å²) in [6.07, 6.45) is 11.5. The van der Waals surface area contributed by atoms with E-state index in [-0.39, 0.29) is 5.41 Å². The second-order valence-electron chi connectivity index (χ2n) is 9.59. The minimum atomic E-state index is -0.635. The van der Waals surface area contributed by atoms with Crippen LogP contribution in [0.25, 0.3) is 0 Å². The number of carbonyl (C=O) groups excluding carboxylic acids is 1. The molecule has 4 fully saturated rings. The molecular weight excluding hydrogens is 284 g/mol. The van der Waals surface area contributed by atoms with Crippen LogP contribution in [0.1, 0.15) is 71.6 Å². The molecule has 0 aromatic carbocycles. The molecule has 2 heteroatoms. The van der Waals surface area contributed by atoms with Crippen molar-refractivity contribution in [3.8, 4) is 0 Å². The Morgan fingerprint density at radius 2 is 1.87 bits per heavy atom. The van der Waals surface area contributed by atoms with E-state index >= 15 is 0 Å². The molecule has 0 aromatic rings. The molecule has 0 spiro atoms. The Morgan fingerprint density at radius 1 is 1.09 bits per heavy atom. The molecule has 4 saturated carbocycles. The lowest BCUT2D eigenvalue weighted by atomic mass is 9.44. The number of hydrogen-bond acceptors (Lipinski definition) is 2. The Hall–Kier alpha value is -0.630. The van der Waals surface area contributed by atoms with E-state index in [0.29, 0.717) is 23.0 Å². The molecule has 0 radical (unpaired) electrons. The molecule has 7 atom stereocenters. The highest BCUT2D eigenvalue weighted by Gasteiger charge is 2.60. The fourth-order valence-electron chi connectivity index (χ4n) is 7.23. The third kappa shape index (κ3) is 2.06. The van der Waals surface area contributed by atoms with Crippen LogP contribution < -0.4 is 0 Å². The molecule has 0 heterocycles. The zero-order valence-corrected chi connectivity index (χ0v) is 14.8. The minimum Gasteiger partial charge on any atom is -0.386 e. The van der Waals surface area contributed by atoms with Gasteiger partial charge in [-0.15, -0.1) is 6.58 Å². The number of ketones is 1. The topological polar surface area (TPSA) is 37.3 Å². The highest BCUT2D eigenvalue weighted by molar-refractivity contribution is 5.87. The van der Waals surface area contributed by atoms with Crippen molar-refractivity contribution >= 4 is 5.78 Å². The minimum absolute atomic E-state index is 0.0130. The summed E-state index contributed by atoms with van der Waals surface area (Å²) >= 11 is 0. The van der Waals surface area contributed by atoms with Crippen LogP contribution in [0.5, 0.6) is 0 Å². The van der Waals surface area contributed by atoms with E-state index in [1.165, 1.54) is 19.3 Å². The largest absolute Gasteiger partial charge is 0.386 e. The standard InChI is InChI=1S/C21H32O2/c1-4-21(23)12-11-19(2)14(13-21)5-6-15-16-7-8-18(22)20(16,3)10-9-17(15)19/h4,14-17,23H,1,5-13H2,2-3H3/t14?,15-,16-,17-,19-,20-,21+/m0/s1. The van der Waals surface area contributed by atoms with Gasteiger partial charge in [0, 0.05) is 11.8 Å². The first-order valence-electron chi connectivity index (χ1n) is 9.72. The Balaban J connectivity index is 1.62. The number of Topliss-reactive ketones (excluding diaryl/α,β-unsaturated/α-hetero) is 1. The molecule has 0 saturated heterocycles. The lowest BCUT2D eigenvalue weighted by Crippen LogP contribution is -2.55. The van der Waals surface area contributed by atoms with Crippen LogP contribution in [-0.4, -0.2) is 16.5 Å². The first-order valence-corrected chi connectivity index (χ1v) is 9.72. The van der Waals surface area contributed by atoms with Crippen molar-refractivity contribution in [2.45, 2.75) is 77.2 Å². The van der Waals surface area contributed by atoms with E-state index < -0.39 is 5.60 Å². The molecule has 4 aliphatic rings. The van der Waals surface area contributed by atoms with Gasteiger partial charge >= 0.3 is 0 Å². The second-order valence-corrected chi connectivity index (χ2v) is 9.59. The predicted octanol–water partition coefficient (Wildman–Crippen LogP) is 4.52. The average molecular weight is 316 g/mol. The maximum atomic E-state index is 12.4. The van der Waals surface area contributed by atoms with Crippen LogP contribution >= 0.6 is 0 Å². The Labute approximate surface area is 140 Å². The summed E-state index contributed by atoms with van der Waals surface area (Å²) in [5, 5.41) is 10.7. The molecule has 4 rings (SSSR count). The Bertz CT molecular complexity index is 540. The number of carbonyl (C=O) groups is 1. The summed E-state index contributed by atoms with van der Waals surface area (Å²) < 4.78 is 0. The molecule has 0 aliphatic heterocycles. The normalized spacial score (nSPS) is 55.7. The maximum absolute atomic E-state index is 12.4. The number of rotatable bonds is 1. The molecule has 1 unspecified atom stereocenters. The van der Waals surface area contributed by atoms with Crippen molar-refractivity contribution in [2.75, 3.05) is 0 Å². The highest BCUT2D eigenvalue weighted by Crippen LogP contribution is 2.66. The summed E-state index contributed by atoms with van der Waals surface area (Å²) in [4.78, 5) is 12.4. The van der Waals surface area contributed by atoms with Crippen LogP contribution in [0.2, 0.25) is 0 Å². The number of aliphatic hydroxyl groups is 1. The van der Waals surface area contributed by atoms with Crippen molar-refractivity contribution in [1.82, 2.24) is 0 Å². The van der Waals surface area contributed by atoms with Gasteiger partial charge in [0.25, 0.3) is 0 Å². The summed E-state index contributed by atoms with van der Waals surface area (Å²) in [6.45, 7) is 8.63. The molecule has 128 valence electrons. The highest BCUT2D eigenvalue weighted by atomic mass is 16.3. The zero-order chi connectivity index (χ0) is 16.5. The second kappa shape index (κ2) is 4.94. The third-order valence-electron chi connectivity index (χ3n) is 8.85. The smallest absolute Gasteiger partial charge is 0.139 e. The quantitative estimate of drug-likeness (QED) is 0.722. The molecule has 4 aliphatic carbocycles. The molecule has 0 amide bonds. The molecule has 2 nitrogen and oxygen atoms in total. The van der Waals surface area contributed by atoms with E-state index in [9.17, 15) is 9.90 Å². The zero-order valence-electron chi connectivity index (χ0n) is 14.8. The van der Waals surface area contributed by atoms with Gasteiger partial charge in [0.05, 0.1) is 5.60 Å².